The first kappa shape index (κ1) is 41.8. The van der Waals surface area contributed by atoms with Crippen molar-refractivity contribution in [2.75, 3.05) is 13.2 Å². The normalized spacial score (nSPS) is 18.0. The Morgan fingerprint density at radius 2 is 1.22 bits per heavy atom. The lowest BCUT2D eigenvalue weighted by molar-refractivity contribution is -0.145. The summed E-state index contributed by atoms with van der Waals surface area (Å²) in [7, 11) is 0. The second kappa shape index (κ2) is 25.3. The Hall–Kier alpha value is -2.64. The zero-order valence-corrected chi connectivity index (χ0v) is 32.0. The fourth-order valence-corrected chi connectivity index (χ4v) is 6.59. The van der Waals surface area contributed by atoms with Gasteiger partial charge in [0, 0.05) is 24.8 Å². The number of hydrogen-bond donors (Lipinski definition) is 0. The molecular weight excluding hydrogens is 628 g/mol. The minimum atomic E-state index is -0.342. The molecule has 2 aliphatic heterocycles. The topological polar surface area (TPSA) is 80.3 Å². The Morgan fingerprint density at radius 1 is 0.700 bits per heavy atom. The number of carbonyl (C=O) groups excluding carboxylic acids is 2. The summed E-state index contributed by atoms with van der Waals surface area (Å²) in [4.78, 5) is 25.2. The van der Waals surface area contributed by atoms with Crippen molar-refractivity contribution < 1.29 is 33.3 Å². The first-order chi connectivity index (χ1) is 24.3. The third-order valence-corrected chi connectivity index (χ3v) is 9.49. The standard InChI is InChI=1S/C43H68O7/c1-5-6-7-8-9-10-11-12-13-14-15-16-17-22-41(45)48-33-36-31-39(49-42-23-18-20-27-46-42)38(26-25-35(4)30-37(44)29-34(2)3)40(32-36)50-43-24-19-21-28-47-43/h29-32,42-43H,5-28,33H2,1-4H3/b35-30+. The summed E-state index contributed by atoms with van der Waals surface area (Å²) in [6.07, 6.45) is 26.7. The molecule has 0 aliphatic carbocycles. The molecule has 2 atom stereocenters. The van der Waals surface area contributed by atoms with Crippen molar-refractivity contribution in [2.45, 2.75) is 188 Å². The molecule has 0 amide bonds. The minimum absolute atomic E-state index is 0.00220. The fraction of sp³-hybridized carbons (Fsp3) is 0.721. The summed E-state index contributed by atoms with van der Waals surface area (Å²) in [6, 6.07) is 3.93. The Labute approximate surface area is 303 Å². The van der Waals surface area contributed by atoms with E-state index in [1.807, 2.05) is 32.9 Å². The molecule has 0 radical (unpaired) electrons. The molecule has 282 valence electrons. The van der Waals surface area contributed by atoms with E-state index in [-0.39, 0.29) is 30.9 Å². The van der Waals surface area contributed by atoms with E-state index < -0.39 is 0 Å². The quantitative estimate of drug-likeness (QED) is 0.0572. The maximum atomic E-state index is 12.8. The predicted octanol–water partition coefficient (Wildman–Crippen LogP) is 11.4. The van der Waals surface area contributed by atoms with Crippen LogP contribution in [0.3, 0.4) is 0 Å². The van der Waals surface area contributed by atoms with Crippen LogP contribution in [0.15, 0.2) is 35.4 Å². The highest BCUT2D eigenvalue weighted by atomic mass is 16.7. The van der Waals surface area contributed by atoms with Crippen LogP contribution < -0.4 is 9.47 Å². The van der Waals surface area contributed by atoms with Gasteiger partial charge in [0.2, 0.25) is 0 Å². The van der Waals surface area contributed by atoms with E-state index in [1.54, 1.807) is 12.2 Å². The van der Waals surface area contributed by atoms with Gasteiger partial charge in [-0.15, -0.1) is 0 Å². The summed E-state index contributed by atoms with van der Waals surface area (Å²) >= 11 is 0. The van der Waals surface area contributed by atoms with Gasteiger partial charge in [-0.1, -0.05) is 95.1 Å². The highest BCUT2D eigenvalue weighted by Gasteiger charge is 2.23. The monoisotopic (exact) mass is 696 g/mol. The first-order valence-corrected chi connectivity index (χ1v) is 20.1. The Balaban J connectivity index is 1.58. The fourth-order valence-electron chi connectivity index (χ4n) is 6.59. The van der Waals surface area contributed by atoms with Gasteiger partial charge >= 0.3 is 5.97 Å². The SMILES string of the molecule is CCCCCCCCCCCCCCCC(=O)OCc1cc(OC2CCCCO2)c(CC/C(C)=C/C(=O)C=C(C)C)c(OC2CCCCO2)c1. The van der Waals surface area contributed by atoms with Crippen LogP contribution >= 0.6 is 0 Å². The molecule has 50 heavy (non-hydrogen) atoms. The second-order valence-electron chi connectivity index (χ2n) is 14.7. The molecular formula is C43H68O7. The smallest absolute Gasteiger partial charge is 0.306 e. The zero-order valence-electron chi connectivity index (χ0n) is 32.0. The van der Waals surface area contributed by atoms with Crippen LogP contribution in [0.5, 0.6) is 11.5 Å². The van der Waals surface area contributed by atoms with E-state index in [1.165, 1.54) is 70.6 Å². The molecule has 2 heterocycles. The molecule has 2 aliphatic rings. The maximum absolute atomic E-state index is 12.8. The van der Waals surface area contributed by atoms with Crippen molar-refractivity contribution in [1.29, 1.82) is 0 Å². The van der Waals surface area contributed by atoms with Crippen molar-refractivity contribution in [1.82, 2.24) is 0 Å². The third kappa shape index (κ3) is 18.0. The Kier molecular flexibility index (Phi) is 21.2. The zero-order chi connectivity index (χ0) is 35.8. The average Bonchev–Trinajstić information content (AvgIpc) is 3.09. The highest BCUT2D eigenvalue weighted by molar-refractivity contribution is 6.00. The van der Waals surface area contributed by atoms with Gasteiger partial charge in [-0.3, -0.25) is 9.59 Å². The molecule has 1 aromatic carbocycles. The number of hydrogen-bond acceptors (Lipinski definition) is 7. The molecule has 7 nitrogen and oxygen atoms in total. The molecule has 2 fully saturated rings. The number of rotatable bonds is 25. The van der Waals surface area contributed by atoms with Crippen molar-refractivity contribution >= 4 is 11.8 Å². The van der Waals surface area contributed by atoms with E-state index in [2.05, 4.69) is 6.92 Å². The molecule has 0 saturated carbocycles. The molecule has 1 aromatic rings. The van der Waals surface area contributed by atoms with Crippen molar-refractivity contribution in [3.05, 3.63) is 46.6 Å². The third-order valence-electron chi connectivity index (χ3n) is 9.49. The van der Waals surface area contributed by atoms with Crippen LogP contribution in [0, 0.1) is 0 Å². The van der Waals surface area contributed by atoms with E-state index >= 15 is 0 Å². The summed E-state index contributed by atoms with van der Waals surface area (Å²) in [5.74, 6) is 1.18. The van der Waals surface area contributed by atoms with Crippen LogP contribution in [0.25, 0.3) is 0 Å². The van der Waals surface area contributed by atoms with Gasteiger partial charge in [0.25, 0.3) is 0 Å². The van der Waals surface area contributed by atoms with Crippen LogP contribution in [0.1, 0.15) is 174 Å². The van der Waals surface area contributed by atoms with Crippen molar-refractivity contribution in [3.63, 3.8) is 0 Å². The number of carbonyl (C=O) groups is 2. The first-order valence-electron chi connectivity index (χ1n) is 20.1. The predicted molar refractivity (Wildman–Crippen MR) is 202 cm³/mol. The van der Waals surface area contributed by atoms with Gasteiger partial charge < -0.3 is 23.7 Å². The lowest BCUT2D eigenvalue weighted by Gasteiger charge is -2.28. The lowest BCUT2D eigenvalue weighted by atomic mass is 10.0. The second-order valence-corrected chi connectivity index (χ2v) is 14.7. The molecule has 0 aromatic heterocycles. The number of benzene rings is 1. The molecule has 0 N–H and O–H groups in total. The van der Waals surface area contributed by atoms with E-state index in [9.17, 15) is 9.59 Å². The van der Waals surface area contributed by atoms with E-state index in [0.717, 1.165) is 73.6 Å². The van der Waals surface area contributed by atoms with Gasteiger partial charge in [0.15, 0.2) is 18.4 Å². The maximum Gasteiger partial charge on any atom is 0.306 e. The number of ketones is 1. The molecule has 3 rings (SSSR count). The molecule has 0 spiro atoms. The molecule has 0 bridgehead atoms. The summed E-state index contributed by atoms with van der Waals surface area (Å²) in [5.41, 5.74) is 3.69. The van der Waals surface area contributed by atoms with Gasteiger partial charge in [-0.2, -0.15) is 0 Å². The van der Waals surface area contributed by atoms with Gasteiger partial charge in [-0.05, 0) is 95.6 Å². The lowest BCUT2D eigenvalue weighted by Crippen LogP contribution is -2.27. The number of unbranched alkanes of at least 4 members (excludes halogenated alkanes) is 12. The molecule has 2 unspecified atom stereocenters. The average molecular weight is 697 g/mol. The summed E-state index contributed by atoms with van der Waals surface area (Å²) in [5, 5.41) is 0. The minimum Gasteiger partial charge on any atom is -0.465 e. The highest BCUT2D eigenvalue weighted by Crippen LogP contribution is 2.36. The van der Waals surface area contributed by atoms with Crippen LogP contribution in [0.4, 0.5) is 0 Å². The van der Waals surface area contributed by atoms with Gasteiger partial charge in [0.1, 0.15) is 18.1 Å². The van der Waals surface area contributed by atoms with Crippen molar-refractivity contribution in [2.24, 2.45) is 0 Å². The summed E-state index contributed by atoms with van der Waals surface area (Å²) < 4.78 is 30.7. The number of esters is 1. The van der Waals surface area contributed by atoms with Crippen LogP contribution in [-0.4, -0.2) is 37.5 Å². The number of allylic oxidation sites excluding steroid dienone is 4. The van der Waals surface area contributed by atoms with Gasteiger partial charge in [-0.25, -0.2) is 0 Å². The largest absolute Gasteiger partial charge is 0.465 e. The Bertz CT molecular complexity index is 1130. The summed E-state index contributed by atoms with van der Waals surface area (Å²) in [6.45, 7) is 9.59. The molecule has 7 heteroatoms. The number of ether oxygens (including phenoxy) is 5. The molecule has 2 saturated heterocycles. The van der Waals surface area contributed by atoms with Crippen LogP contribution in [-0.2, 0) is 36.8 Å². The van der Waals surface area contributed by atoms with E-state index in [4.69, 9.17) is 23.7 Å². The Morgan fingerprint density at radius 3 is 1.70 bits per heavy atom. The van der Waals surface area contributed by atoms with E-state index in [0.29, 0.717) is 44.0 Å². The van der Waals surface area contributed by atoms with Gasteiger partial charge in [0.05, 0.1) is 13.2 Å². The van der Waals surface area contributed by atoms with Crippen molar-refractivity contribution in [3.8, 4) is 11.5 Å². The van der Waals surface area contributed by atoms with Crippen LogP contribution in [0.2, 0.25) is 0 Å².